The molecule has 1 amide bonds. The molecule has 1 unspecified atom stereocenters. The maximum Gasteiger partial charge on any atom is 0.247 e. The first-order chi connectivity index (χ1) is 16.1. The van der Waals surface area contributed by atoms with Crippen LogP contribution in [-0.2, 0) is 11.2 Å². The van der Waals surface area contributed by atoms with E-state index in [1.165, 1.54) is 6.08 Å². The molecule has 0 spiro atoms. The Labute approximate surface area is 193 Å². The van der Waals surface area contributed by atoms with E-state index in [0.29, 0.717) is 41.7 Å². The third kappa shape index (κ3) is 4.82. The number of rotatable bonds is 8. The standard InChI is InChI=1S/C26H27NO6/c1-29-22-8-4-5-9-23(22)33-17-21-20-16-25(31-3)24(30-2)15-18(20)12-13-27(21)26(28)11-10-19-7-6-14-32-19/h4-11,14-16,21H,12-13,17H2,1-3H3/b11-10+. The summed E-state index contributed by atoms with van der Waals surface area (Å²) in [5.74, 6) is 3.02. The van der Waals surface area contributed by atoms with E-state index in [0.717, 1.165) is 11.1 Å². The van der Waals surface area contributed by atoms with Crippen molar-refractivity contribution in [3.63, 3.8) is 0 Å². The Bertz CT molecular complexity index is 1120. The molecule has 3 aromatic rings. The Balaban J connectivity index is 1.66. The Morgan fingerprint density at radius 2 is 1.73 bits per heavy atom. The van der Waals surface area contributed by atoms with Crippen LogP contribution in [0.5, 0.6) is 23.0 Å². The van der Waals surface area contributed by atoms with Crippen LogP contribution in [-0.4, -0.2) is 45.3 Å². The molecule has 172 valence electrons. The second-order valence-electron chi connectivity index (χ2n) is 7.51. The number of methoxy groups -OCH3 is 3. The van der Waals surface area contributed by atoms with E-state index in [2.05, 4.69) is 0 Å². The summed E-state index contributed by atoms with van der Waals surface area (Å²) < 4.78 is 27.9. The van der Waals surface area contributed by atoms with Gasteiger partial charge in [-0.1, -0.05) is 12.1 Å². The highest BCUT2D eigenvalue weighted by molar-refractivity contribution is 5.92. The lowest BCUT2D eigenvalue weighted by Gasteiger charge is -2.37. The molecule has 1 aromatic heterocycles. The van der Waals surface area contributed by atoms with Gasteiger partial charge in [-0.2, -0.15) is 0 Å². The first-order valence-corrected chi connectivity index (χ1v) is 10.7. The number of amides is 1. The molecule has 0 N–H and O–H groups in total. The fraction of sp³-hybridized carbons (Fsp3) is 0.269. The van der Waals surface area contributed by atoms with Crippen LogP contribution in [0.4, 0.5) is 0 Å². The van der Waals surface area contributed by atoms with Gasteiger partial charge in [0.2, 0.25) is 5.91 Å². The minimum Gasteiger partial charge on any atom is -0.493 e. The van der Waals surface area contributed by atoms with Gasteiger partial charge >= 0.3 is 0 Å². The predicted octanol–water partition coefficient (Wildman–Crippen LogP) is 4.52. The summed E-state index contributed by atoms with van der Waals surface area (Å²) in [7, 11) is 4.82. The molecule has 4 rings (SSSR count). The summed E-state index contributed by atoms with van der Waals surface area (Å²) in [6.07, 6.45) is 5.47. The maximum absolute atomic E-state index is 13.2. The SMILES string of the molecule is COc1cc2c(cc1OC)C(COc1ccccc1OC)N(C(=O)/C=C/c1ccco1)CC2. The van der Waals surface area contributed by atoms with Gasteiger partial charge in [0.1, 0.15) is 12.4 Å². The van der Waals surface area contributed by atoms with Crippen molar-refractivity contribution in [2.24, 2.45) is 0 Å². The van der Waals surface area contributed by atoms with E-state index in [1.807, 2.05) is 41.3 Å². The van der Waals surface area contributed by atoms with Gasteiger partial charge in [0, 0.05) is 12.6 Å². The van der Waals surface area contributed by atoms with E-state index >= 15 is 0 Å². The van der Waals surface area contributed by atoms with E-state index in [-0.39, 0.29) is 18.6 Å². The minimum atomic E-state index is -0.327. The van der Waals surface area contributed by atoms with Crippen LogP contribution in [0.3, 0.4) is 0 Å². The van der Waals surface area contributed by atoms with Crippen LogP contribution in [0.2, 0.25) is 0 Å². The lowest BCUT2D eigenvalue weighted by Crippen LogP contribution is -2.41. The molecular formula is C26H27NO6. The second-order valence-corrected chi connectivity index (χ2v) is 7.51. The zero-order chi connectivity index (χ0) is 23.2. The highest BCUT2D eigenvalue weighted by atomic mass is 16.5. The van der Waals surface area contributed by atoms with Crippen LogP contribution in [0, 0.1) is 0 Å². The van der Waals surface area contributed by atoms with Gasteiger partial charge in [-0.25, -0.2) is 0 Å². The molecule has 0 fully saturated rings. The third-order valence-corrected chi connectivity index (χ3v) is 5.68. The number of carbonyl (C=O) groups excluding carboxylic acids is 1. The molecule has 1 atom stereocenters. The number of ether oxygens (including phenoxy) is 4. The van der Waals surface area contributed by atoms with Gasteiger partial charge in [0.15, 0.2) is 23.0 Å². The Morgan fingerprint density at radius 3 is 2.42 bits per heavy atom. The number of furan rings is 1. The van der Waals surface area contributed by atoms with Crippen molar-refractivity contribution in [2.75, 3.05) is 34.5 Å². The number of nitrogens with zero attached hydrogens (tertiary/aromatic N) is 1. The zero-order valence-electron chi connectivity index (χ0n) is 18.9. The van der Waals surface area contributed by atoms with Gasteiger partial charge in [0.05, 0.1) is 33.6 Å². The van der Waals surface area contributed by atoms with E-state index in [1.54, 1.807) is 45.8 Å². The molecule has 1 aliphatic rings. The van der Waals surface area contributed by atoms with Crippen LogP contribution < -0.4 is 18.9 Å². The summed E-state index contributed by atoms with van der Waals surface area (Å²) in [6, 6.07) is 14.6. The quantitative estimate of drug-likeness (QED) is 0.471. The lowest BCUT2D eigenvalue weighted by atomic mass is 9.92. The molecule has 2 heterocycles. The first kappa shape index (κ1) is 22.3. The van der Waals surface area contributed by atoms with Crippen molar-refractivity contribution in [3.05, 3.63) is 77.8 Å². The minimum absolute atomic E-state index is 0.125. The molecule has 7 heteroatoms. The summed E-state index contributed by atoms with van der Waals surface area (Å²) in [5, 5.41) is 0. The highest BCUT2D eigenvalue weighted by Gasteiger charge is 2.32. The summed E-state index contributed by atoms with van der Waals surface area (Å²) in [5.41, 5.74) is 2.06. The Kier molecular flexibility index (Phi) is 6.88. The van der Waals surface area contributed by atoms with E-state index in [9.17, 15) is 4.79 Å². The molecule has 0 saturated carbocycles. The fourth-order valence-corrected chi connectivity index (χ4v) is 4.01. The topological polar surface area (TPSA) is 70.4 Å². The summed E-state index contributed by atoms with van der Waals surface area (Å²) in [6.45, 7) is 0.799. The second kappa shape index (κ2) is 10.2. The molecule has 1 aliphatic heterocycles. The lowest BCUT2D eigenvalue weighted by molar-refractivity contribution is -0.129. The zero-order valence-corrected chi connectivity index (χ0v) is 18.9. The average molecular weight is 450 g/mol. The van der Waals surface area contributed by atoms with Gasteiger partial charge < -0.3 is 28.3 Å². The van der Waals surface area contributed by atoms with Crippen molar-refractivity contribution in [2.45, 2.75) is 12.5 Å². The Hall–Kier alpha value is -3.87. The van der Waals surface area contributed by atoms with Gasteiger partial charge in [-0.3, -0.25) is 4.79 Å². The molecule has 2 aromatic carbocycles. The van der Waals surface area contributed by atoms with Gasteiger partial charge in [-0.15, -0.1) is 0 Å². The average Bonchev–Trinajstić information content (AvgIpc) is 3.38. The van der Waals surface area contributed by atoms with Crippen molar-refractivity contribution in [1.82, 2.24) is 4.90 Å². The van der Waals surface area contributed by atoms with Crippen molar-refractivity contribution < 1.29 is 28.2 Å². The van der Waals surface area contributed by atoms with Crippen LogP contribution >= 0.6 is 0 Å². The number of benzene rings is 2. The predicted molar refractivity (Wildman–Crippen MR) is 124 cm³/mol. The summed E-state index contributed by atoms with van der Waals surface area (Å²) in [4.78, 5) is 15.0. The number of hydrogen-bond acceptors (Lipinski definition) is 6. The number of hydrogen-bond donors (Lipinski definition) is 0. The fourth-order valence-electron chi connectivity index (χ4n) is 4.01. The highest BCUT2D eigenvalue weighted by Crippen LogP contribution is 2.39. The molecule has 0 aliphatic carbocycles. The largest absolute Gasteiger partial charge is 0.493 e. The Morgan fingerprint density at radius 1 is 1.00 bits per heavy atom. The normalized spacial score (nSPS) is 15.2. The molecule has 33 heavy (non-hydrogen) atoms. The smallest absolute Gasteiger partial charge is 0.247 e. The number of carbonyl (C=O) groups is 1. The van der Waals surface area contributed by atoms with Crippen LogP contribution in [0.25, 0.3) is 6.08 Å². The molecule has 0 saturated heterocycles. The van der Waals surface area contributed by atoms with E-state index in [4.69, 9.17) is 23.4 Å². The van der Waals surface area contributed by atoms with Gasteiger partial charge in [-0.05, 0) is 60.0 Å². The number of fused-ring (bicyclic) bond motifs is 1. The first-order valence-electron chi connectivity index (χ1n) is 10.7. The van der Waals surface area contributed by atoms with Crippen LogP contribution in [0.15, 0.2) is 65.3 Å². The van der Waals surface area contributed by atoms with Crippen LogP contribution in [0.1, 0.15) is 22.9 Å². The maximum atomic E-state index is 13.2. The number of para-hydroxylation sites is 2. The van der Waals surface area contributed by atoms with Crippen molar-refractivity contribution >= 4 is 12.0 Å². The molecule has 0 bridgehead atoms. The van der Waals surface area contributed by atoms with Crippen molar-refractivity contribution in [3.8, 4) is 23.0 Å². The third-order valence-electron chi connectivity index (χ3n) is 5.68. The molecular weight excluding hydrogens is 422 g/mol. The van der Waals surface area contributed by atoms with Gasteiger partial charge in [0.25, 0.3) is 0 Å². The van der Waals surface area contributed by atoms with E-state index < -0.39 is 0 Å². The van der Waals surface area contributed by atoms with Crippen molar-refractivity contribution in [1.29, 1.82) is 0 Å². The monoisotopic (exact) mass is 449 g/mol. The molecule has 0 radical (unpaired) electrons. The molecule has 7 nitrogen and oxygen atoms in total. The summed E-state index contributed by atoms with van der Waals surface area (Å²) >= 11 is 0.